The first-order valence-corrected chi connectivity index (χ1v) is 5.51. The number of carbonyl (C=O) groups is 1. The van der Waals surface area contributed by atoms with Gasteiger partial charge in [-0.2, -0.15) is 0 Å². The van der Waals surface area contributed by atoms with Crippen LogP contribution in [0, 0.1) is 5.82 Å². The number of benzene rings is 2. The molecule has 0 spiro atoms. The van der Waals surface area contributed by atoms with Gasteiger partial charge in [0.15, 0.2) is 0 Å². The summed E-state index contributed by atoms with van der Waals surface area (Å²) in [4.78, 5) is 11.4. The molecule has 0 radical (unpaired) electrons. The molecule has 0 atom stereocenters. The molecule has 0 aromatic heterocycles. The highest BCUT2D eigenvalue weighted by Gasteiger charge is 2.16. The molecule has 0 bridgehead atoms. The van der Waals surface area contributed by atoms with Crippen LogP contribution in [0.2, 0.25) is 0 Å². The molecule has 0 saturated heterocycles. The second kappa shape index (κ2) is 4.98. The molecule has 0 aliphatic heterocycles. The van der Waals surface area contributed by atoms with Crippen molar-refractivity contribution < 1.29 is 9.18 Å². The second-order valence-corrected chi connectivity index (χ2v) is 3.89. The molecule has 0 aliphatic rings. The molecule has 0 saturated carbocycles. The highest BCUT2D eigenvalue weighted by atomic mass is 19.1. The van der Waals surface area contributed by atoms with Crippen LogP contribution in [0.3, 0.4) is 0 Å². The van der Waals surface area contributed by atoms with Gasteiger partial charge in [0.2, 0.25) is 0 Å². The number of rotatable bonds is 3. The molecule has 0 unspecified atom stereocenters. The van der Waals surface area contributed by atoms with Crippen LogP contribution < -0.4 is 11.5 Å². The van der Waals surface area contributed by atoms with Crippen LogP contribution in [0.25, 0.3) is 11.1 Å². The normalized spacial score (nSPS) is 10.3. The van der Waals surface area contributed by atoms with Crippen LogP contribution in [0.1, 0.15) is 15.9 Å². The molecule has 2 aromatic carbocycles. The third-order valence-electron chi connectivity index (χ3n) is 2.79. The summed E-state index contributed by atoms with van der Waals surface area (Å²) >= 11 is 0. The summed E-state index contributed by atoms with van der Waals surface area (Å²) in [5.41, 5.74) is 12.8. The number of primary amides is 1. The fourth-order valence-corrected chi connectivity index (χ4v) is 1.96. The molecule has 0 fully saturated rings. The van der Waals surface area contributed by atoms with Crippen LogP contribution in [0.15, 0.2) is 42.5 Å². The third-order valence-corrected chi connectivity index (χ3v) is 2.79. The lowest BCUT2D eigenvalue weighted by Crippen LogP contribution is -2.15. The van der Waals surface area contributed by atoms with Crippen LogP contribution in [-0.4, -0.2) is 5.91 Å². The van der Waals surface area contributed by atoms with Crippen LogP contribution >= 0.6 is 0 Å². The van der Waals surface area contributed by atoms with Gasteiger partial charge in [-0.15, -0.1) is 0 Å². The molecule has 2 rings (SSSR count). The molecule has 4 N–H and O–H groups in total. The maximum absolute atomic E-state index is 13.7. The topological polar surface area (TPSA) is 69.1 Å². The van der Waals surface area contributed by atoms with E-state index in [-0.39, 0.29) is 5.56 Å². The average Bonchev–Trinajstić information content (AvgIpc) is 2.38. The van der Waals surface area contributed by atoms with Crippen molar-refractivity contribution in [2.24, 2.45) is 11.5 Å². The first-order valence-electron chi connectivity index (χ1n) is 5.51. The zero-order chi connectivity index (χ0) is 13.1. The minimum absolute atomic E-state index is 0.0987. The molecule has 1 amide bonds. The summed E-state index contributed by atoms with van der Waals surface area (Å²) in [6, 6.07) is 11.7. The van der Waals surface area contributed by atoms with E-state index in [2.05, 4.69) is 0 Å². The van der Waals surface area contributed by atoms with Crippen molar-refractivity contribution in [3.63, 3.8) is 0 Å². The lowest BCUT2D eigenvalue weighted by molar-refractivity contribution is 0.0997. The summed E-state index contributed by atoms with van der Waals surface area (Å²) in [7, 11) is 0. The van der Waals surface area contributed by atoms with E-state index in [1.807, 2.05) is 18.2 Å². The van der Waals surface area contributed by atoms with Gasteiger partial charge in [0.25, 0.3) is 5.91 Å². The maximum Gasteiger partial charge on any atom is 0.252 e. The van der Waals surface area contributed by atoms with Gasteiger partial charge in [0.1, 0.15) is 5.82 Å². The van der Waals surface area contributed by atoms with Gasteiger partial charge >= 0.3 is 0 Å². The van der Waals surface area contributed by atoms with Crippen LogP contribution in [0.4, 0.5) is 4.39 Å². The van der Waals surface area contributed by atoms with Crippen molar-refractivity contribution >= 4 is 5.91 Å². The molecule has 0 heterocycles. The van der Waals surface area contributed by atoms with E-state index >= 15 is 0 Å². The first kappa shape index (κ1) is 12.3. The smallest absolute Gasteiger partial charge is 0.252 e. The number of nitrogens with two attached hydrogens (primary N) is 2. The zero-order valence-electron chi connectivity index (χ0n) is 9.69. The Hall–Kier alpha value is -2.20. The Kier molecular flexibility index (Phi) is 3.39. The summed E-state index contributed by atoms with van der Waals surface area (Å²) in [5.74, 6) is -1.40. The molecule has 18 heavy (non-hydrogen) atoms. The van der Waals surface area contributed by atoms with Gasteiger partial charge in [-0.05, 0) is 22.8 Å². The fourth-order valence-electron chi connectivity index (χ4n) is 1.96. The van der Waals surface area contributed by atoms with Crippen molar-refractivity contribution in [1.29, 1.82) is 0 Å². The van der Waals surface area contributed by atoms with Crippen molar-refractivity contribution in [3.05, 3.63) is 59.4 Å². The molecule has 2 aromatic rings. The van der Waals surface area contributed by atoms with Crippen molar-refractivity contribution in [2.45, 2.75) is 6.54 Å². The molecule has 92 valence electrons. The number of halogens is 1. The van der Waals surface area contributed by atoms with E-state index < -0.39 is 11.7 Å². The number of amides is 1. The van der Waals surface area contributed by atoms with Gasteiger partial charge in [-0.3, -0.25) is 4.79 Å². The largest absolute Gasteiger partial charge is 0.365 e. The van der Waals surface area contributed by atoms with Crippen molar-refractivity contribution in [2.75, 3.05) is 0 Å². The zero-order valence-corrected chi connectivity index (χ0v) is 9.69. The molecular formula is C14H13FN2O. The van der Waals surface area contributed by atoms with Gasteiger partial charge in [-0.25, -0.2) is 4.39 Å². The third kappa shape index (κ3) is 2.10. The average molecular weight is 244 g/mol. The van der Waals surface area contributed by atoms with E-state index in [4.69, 9.17) is 11.5 Å². The van der Waals surface area contributed by atoms with Crippen LogP contribution in [-0.2, 0) is 6.54 Å². The van der Waals surface area contributed by atoms with Gasteiger partial charge < -0.3 is 11.5 Å². The minimum Gasteiger partial charge on any atom is -0.365 e. The van der Waals surface area contributed by atoms with E-state index in [0.29, 0.717) is 12.1 Å². The van der Waals surface area contributed by atoms with Crippen LogP contribution in [0.5, 0.6) is 0 Å². The highest BCUT2D eigenvalue weighted by molar-refractivity contribution is 6.00. The molecular weight excluding hydrogens is 231 g/mol. The Morgan fingerprint density at radius 2 is 1.72 bits per heavy atom. The van der Waals surface area contributed by atoms with E-state index in [1.54, 1.807) is 18.2 Å². The SMILES string of the molecule is NCc1ccccc1-c1cccc(F)c1C(N)=O. The molecule has 3 nitrogen and oxygen atoms in total. The second-order valence-electron chi connectivity index (χ2n) is 3.89. The first-order chi connectivity index (χ1) is 8.65. The minimum atomic E-state index is -0.782. The summed E-state index contributed by atoms with van der Waals surface area (Å²) < 4.78 is 13.7. The van der Waals surface area contributed by atoms with Crippen molar-refractivity contribution in [1.82, 2.24) is 0 Å². The number of hydrogen-bond acceptors (Lipinski definition) is 2. The van der Waals surface area contributed by atoms with E-state index in [1.165, 1.54) is 6.07 Å². The molecule has 4 heteroatoms. The van der Waals surface area contributed by atoms with Gasteiger partial charge in [0, 0.05) is 6.54 Å². The van der Waals surface area contributed by atoms with E-state index in [9.17, 15) is 9.18 Å². The Morgan fingerprint density at radius 1 is 1.06 bits per heavy atom. The Morgan fingerprint density at radius 3 is 2.39 bits per heavy atom. The monoisotopic (exact) mass is 244 g/mol. The van der Waals surface area contributed by atoms with E-state index in [0.717, 1.165) is 11.1 Å². The Labute approximate surface area is 104 Å². The van der Waals surface area contributed by atoms with Gasteiger partial charge in [0.05, 0.1) is 5.56 Å². The number of hydrogen-bond donors (Lipinski definition) is 2. The van der Waals surface area contributed by atoms with Gasteiger partial charge in [-0.1, -0.05) is 36.4 Å². The Bertz CT molecular complexity index is 596. The Balaban J connectivity index is 2.71. The summed E-state index contributed by atoms with van der Waals surface area (Å²) in [5, 5.41) is 0. The van der Waals surface area contributed by atoms with Crippen molar-refractivity contribution in [3.8, 4) is 11.1 Å². The summed E-state index contributed by atoms with van der Waals surface area (Å²) in [6.07, 6.45) is 0. The predicted octanol–water partition coefficient (Wildman–Crippen LogP) is 2.05. The number of carbonyl (C=O) groups excluding carboxylic acids is 1. The lowest BCUT2D eigenvalue weighted by atomic mass is 9.95. The molecule has 0 aliphatic carbocycles. The lowest BCUT2D eigenvalue weighted by Gasteiger charge is -2.11. The fraction of sp³-hybridized carbons (Fsp3) is 0.0714. The predicted molar refractivity (Wildman–Crippen MR) is 68.2 cm³/mol. The maximum atomic E-state index is 13.7. The quantitative estimate of drug-likeness (QED) is 0.867. The standard InChI is InChI=1S/C14H13FN2O/c15-12-7-3-6-11(13(12)14(17)18)10-5-2-1-4-9(10)8-16/h1-7H,8,16H2,(H2,17,18). The highest BCUT2D eigenvalue weighted by Crippen LogP contribution is 2.28. The summed E-state index contributed by atoms with van der Waals surface area (Å²) in [6.45, 7) is 0.310.